The normalized spacial score (nSPS) is 23.4. The number of carbonyl (C=O) groups excluding carboxylic acids is 1. The average molecular weight is 261 g/mol. The zero-order valence-corrected chi connectivity index (χ0v) is 11.0. The lowest BCUT2D eigenvalue weighted by atomic mass is 10.0. The van der Waals surface area contributed by atoms with E-state index in [4.69, 9.17) is 5.26 Å². The molecule has 100 valence electrons. The van der Waals surface area contributed by atoms with Crippen LogP contribution in [0.2, 0.25) is 0 Å². The van der Waals surface area contributed by atoms with E-state index in [1.807, 2.05) is 17.9 Å². The molecule has 0 aromatic heterocycles. The molecule has 1 amide bonds. The van der Waals surface area contributed by atoms with Gasteiger partial charge in [0.05, 0.1) is 12.5 Å². The topological polar surface area (TPSA) is 47.3 Å². The van der Waals surface area contributed by atoms with Gasteiger partial charge in [-0.3, -0.25) is 4.79 Å². The van der Waals surface area contributed by atoms with Crippen LogP contribution in [0.25, 0.3) is 0 Å². The lowest BCUT2D eigenvalue weighted by Crippen LogP contribution is -2.60. The minimum Gasteiger partial charge on any atom is -0.354 e. The zero-order chi connectivity index (χ0) is 14.0. The van der Waals surface area contributed by atoms with Crippen LogP contribution < -0.4 is 4.90 Å². The average Bonchev–Trinajstić information content (AvgIpc) is 2.36. The Kier molecular flexibility index (Phi) is 3.70. The molecule has 0 N–H and O–H groups in total. The number of amides is 1. The summed E-state index contributed by atoms with van der Waals surface area (Å²) in [6, 6.07) is 7.69. The first kappa shape index (κ1) is 13.3. The van der Waals surface area contributed by atoms with E-state index in [1.54, 1.807) is 24.1 Å². The van der Waals surface area contributed by atoms with E-state index >= 15 is 0 Å². The number of piperazine rings is 1. The second kappa shape index (κ2) is 5.27. The number of likely N-dealkylation sites (N-methyl/N-ethyl adjacent to an activating group) is 1. The predicted octanol–water partition coefficient (Wildman–Crippen LogP) is 1.77. The van der Waals surface area contributed by atoms with Gasteiger partial charge in [0.25, 0.3) is 0 Å². The number of anilines is 1. The van der Waals surface area contributed by atoms with E-state index in [1.165, 1.54) is 12.1 Å². The van der Waals surface area contributed by atoms with Gasteiger partial charge >= 0.3 is 0 Å². The molecule has 0 aliphatic carbocycles. The quantitative estimate of drug-likeness (QED) is 0.815. The van der Waals surface area contributed by atoms with Gasteiger partial charge in [-0.15, -0.1) is 0 Å². The first-order valence-corrected chi connectivity index (χ1v) is 6.20. The minimum absolute atomic E-state index is 0.0443. The van der Waals surface area contributed by atoms with Crippen LogP contribution in [0.5, 0.6) is 0 Å². The highest BCUT2D eigenvalue weighted by Crippen LogP contribution is 2.26. The fraction of sp³-hybridized carbons (Fsp3) is 0.429. The largest absolute Gasteiger partial charge is 0.354 e. The van der Waals surface area contributed by atoms with Crippen LogP contribution in [0.3, 0.4) is 0 Å². The highest BCUT2D eigenvalue weighted by atomic mass is 19.1. The molecule has 1 aromatic carbocycles. The van der Waals surface area contributed by atoms with Crippen LogP contribution in [0.1, 0.15) is 13.3 Å². The number of benzene rings is 1. The molecule has 1 saturated heterocycles. The van der Waals surface area contributed by atoms with Gasteiger partial charge in [0, 0.05) is 25.3 Å². The number of hydrogen-bond donors (Lipinski definition) is 0. The highest BCUT2D eigenvalue weighted by Gasteiger charge is 2.37. The highest BCUT2D eigenvalue weighted by molar-refractivity contribution is 5.87. The Morgan fingerprint density at radius 3 is 2.89 bits per heavy atom. The molecule has 2 rings (SSSR count). The summed E-state index contributed by atoms with van der Waals surface area (Å²) in [5, 5.41) is 8.91. The monoisotopic (exact) mass is 261 g/mol. The standard InChI is InChI=1S/C14H16FN3O/c1-10-9-17(2)14(19)13(6-7-16)18(10)12-5-3-4-11(15)8-12/h3-5,8,10,13H,6,9H2,1-2H3. The third-order valence-corrected chi connectivity index (χ3v) is 3.40. The minimum atomic E-state index is -0.541. The lowest BCUT2D eigenvalue weighted by Gasteiger charge is -2.44. The number of hydrogen-bond acceptors (Lipinski definition) is 3. The van der Waals surface area contributed by atoms with Gasteiger partial charge in [-0.2, -0.15) is 5.26 Å². The summed E-state index contributed by atoms with van der Waals surface area (Å²) in [7, 11) is 1.73. The summed E-state index contributed by atoms with van der Waals surface area (Å²) in [5.41, 5.74) is 0.647. The van der Waals surface area contributed by atoms with E-state index in [2.05, 4.69) is 0 Å². The summed E-state index contributed by atoms with van der Waals surface area (Å²) < 4.78 is 13.3. The number of halogens is 1. The van der Waals surface area contributed by atoms with Crippen molar-refractivity contribution in [3.05, 3.63) is 30.1 Å². The number of rotatable bonds is 2. The van der Waals surface area contributed by atoms with Gasteiger partial charge in [0.2, 0.25) is 5.91 Å². The fourth-order valence-electron chi connectivity index (χ4n) is 2.60. The van der Waals surface area contributed by atoms with Crippen LogP contribution in [-0.2, 0) is 4.79 Å². The van der Waals surface area contributed by atoms with Gasteiger partial charge in [0.15, 0.2) is 0 Å². The van der Waals surface area contributed by atoms with E-state index in [-0.39, 0.29) is 24.2 Å². The van der Waals surface area contributed by atoms with Crippen LogP contribution in [-0.4, -0.2) is 36.5 Å². The van der Waals surface area contributed by atoms with Crippen molar-refractivity contribution in [2.45, 2.75) is 25.4 Å². The molecule has 5 heteroatoms. The molecule has 2 unspecified atom stereocenters. The first-order chi connectivity index (χ1) is 9.04. The first-order valence-electron chi connectivity index (χ1n) is 6.20. The second-order valence-electron chi connectivity index (χ2n) is 4.83. The van der Waals surface area contributed by atoms with Crippen molar-refractivity contribution in [2.75, 3.05) is 18.5 Å². The molecule has 0 saturated carbocycles. The Bertz CT molecular complexity index is 526. The molecule has 1 aliphatic heterocycles. The molecule has 0 radical (unpaired) electrons. The Morgan fingerprint density at radius 2 is 2.26 bits per heavy atom. The van der Waals surface area contributed by atoms with Crippen molar-refractivity contribution in [2.24, 2.45) is 0 Å². The molecule has 0 bridgehead atoms. The summed E-state index contributed by atoms with van der Waals surface area (Å²) in [4.78, 5) is 15.6. The second-order valence-corrected chi connectivity index (χ2v) is 4.83. The third kappa shape index (κ3) is 2.53. The summed E-state index contributed by atoms with van der Waals surface area (Å²) in [6.45, 7) is 2.54. The van der Waals surface area contributed by atoms with E-state index < -0.39 is 6.04 Å². The molecular weight excluding hydrogens is 245 g/mol. The van der Waals surface area contributed by atoms with Crippen molar-refractivity contribution in [3.8, 4) is 6.07 Å². The maximum atomic E-state index is 13.3. The Morgan fingerprint density at radius 1 is 1.53 bits per heavy atom. The zero-order valence-electron chi connectivity index (χ0n) is 11.0. The Labute approximate surface area is 112 Å². The molecule has 1 fully saturated rings. The summed E-state index contributed by atoms with van der Waals surface area (Å²) in [6.07, 6.45) is 0.101. The molecule has 4 nitrogen and oxygen atoms in total. The predicted molar refractivity (Wildman–Crippen MR) is 70.0 cm³/mol. The smallest absolute Gasteiger partial charge is 0.246 e. The van der Waals surface area contributed by atoms with Gasteiger partial charge < -0.3 is 9.80 Å². The molecule has 1 heterocycles. The summed E-state index contributed by atoms with van der Waals surface area (Å²) >= 11 is 0. The van der Waals surface area contributed by atoms with Crippen molar-refractivity contribution >= 4 is 11.6 Å². The number of carbonyl (C=O) groups is 1. The van der Waals surface area contributed by atoms with Crippen LogP contribution in [0, 0.1) is 17.1 Å². The third-order valence-electron chi connectivity index (χ3n) is 3.40. The lowest BCUT2D eigenvalue weighted by molar-refractivity contribution is -0.133. The van der Waals surface area contributed by atoms with E-state index in [9.17, 15) is 9.18 Å². The van der Waals surface area contributed by atoms with E-state index in [0.29, 0.717) is 12.2 Å². The van der Waals surface area contributed by atoms with Gasteiger partial charge in [-0.25, -0.2) is 4.39 Å². The Hall–Kier alpha value is -2.09. The van der Waals surface area contributed by atoms with Crippen LogP contribution >= 0.6 is 0 Å². The SMILES string of the molecule is CC1CN(C)C(=O)C(CC#N)N1c1cccc(F)c1. The summed E-state index contributed by atoms with van der Waals surface area (Å²) in [5.74, 6) is -0.435. The maximum absolute atomic E-state index is 13.3. The Balaban J connectivity index is 2.39. The molecule has 2 atom stereocenters. The van der Waals surface area contributed by atoms with Gasteiger partial charge in [-0.1, -0.05) is 6.07 Å². The van der Waals surface area contributed by atoms with Crippen molar-refractivity contribution in [1.82, 2.24) is 4.90 Å². The van der Waals surface area contributed by atoms with Gasteiger partial charge in [0.1, 0.15) is 11.9 Å². The number of nitriles is 1. The van der Waals surface area contributed by atoms with Gasteiger partial charge in [-0.05, 0) is 25.1 Å². The van der Waals surface area contributed by atoms with Crippen molar-refractivity contribution in [3.63, 3.8) is 0 Å². The van der Waals surface area contributed by atoms with Crippen LogP contribution in [0.15, 0.2) is 24.3 Å². The molecule has 0 spiro atoms. The van der Waals surface area contributed by atoms with Crippen molar-refractivity contribution < 1.29 is 9.18 Å². The molecule has 19 heavy (non-hydrogen) atoms. The van der Waals surface area contributed by atoms with Crippen LogP contribution in [0.4, 0.5) is 10.1 Å². The van der Waals surface area contributed by atoms with E-state index in [0.717, 1.165) is 0 Å². The molecule has 1 aromatic rings. The van der Waals surface area contributed by atoms with Crippen molar-refractivity contribution in [1.29, 1.82) is 5.26 Å². The number of nitrogens with zero attached hydrogens (tertiary/aromatic N) is 3. The molecular formula is C14H16FN3O. The fourth-order valence-corrected chi connectivity index (χ4v) is 2.60. The molecule has 1 aliphatic rings. The maximum Gasteiger partial charge on any atom is 0.246 e.